The van der Waals surface area contributed by atoms with Gasteiger partial charge in [-0.15, -0.1) is 0 Å². The fourth-order valence-electron chi connectivity index (χ4n) is 2.88. The summed E-state index contributed by atoms with van der Waals surface area (Å²) in [6.07, 6.45) is 3.62. The van der Waals surface area contributed by atoms with Crippen LogP contribution in [0.1, 0.15) is 21.9 Å². The lowest BCUT2D eigenvalue weighted by molar-refractivity contribution is 0.102. The summed E-state index contributed by atoms with van der Waals surface area (Å²) in [5.41, 5.74) is 3.35. The van der Waals surface area contributed by atoms with Crippen LogP contribution >= 0.6 is 0 Å². The van der Waals surface area contributed by atoms with Crippen molar-refractivity contribution in [2.45, 2.75) is 13.5 Å². The van der Waals surface area contributed by atoms with Crippen LogP contribution in [0.15, 0.2) is 60.9 Å². The van der Waals surface area contributed by atoms with Gasteiger partial charge in [0.1, 0.15) is 23.9 Å². The Kier molecular flexibility index (Phi) is 4.38. The van der Waals surface area contributed by atoms with Crippen LogP contribution in [0, 0.1) is 6.92 Å². The maximum atomic E-state index is 12.5. The number of nitrogens with zero attached hydrogens (tertiary/aromatic N) is 2. The van der Waals surface area contributed by atoms with Crippen LogP contribution in [0.25, 0.3) is 10.9 Å². The number of rotatable bonds is 5. The first-order valence-electron chi connectivity index (χ1n) is 8.68. The molecule has 0 atom stereocenters. The van der Waals surface area contributed by atoms with Crippen LogP contribution < -0.4 is 10.1 Å². The van der Waals surface area contributed by atoms with Crippen LogP contribution in [0.3, 0.4) is 0 Å². The maximum absolute atomic E-state index is 12.5. The van der Waals surface area contributed by atoms with E-state index in [9.17, 15) is 4.79 Å². The van der Waals surface area contributed by atoms with Gasteiger partial charge in [0.15, 0.2) is 0 Å². The highest BCUT2D eigenvalue weighted by molar-refractivity contribution is 6.05. The minimum absolute atomic E-state index is 0.175. The normalized spacial score (nSPS) is 10.9. The van der Waals surface area contributed by atoms with E-state index in [-0.39, 0.29) is 5.91 Å². The van der Waals surface area contributed by atoms with E-state index in [4.69, 9.17) is 4.74 Å². The van der Waals surface area contributed by atoms with Gasteiger partial charge in [-0.05, 0) is 48.9 Å². The molecule has 27 heavy (non-hydrogen) atoms. The number of nitrogens with one attached hydrogen (secondary N) is 2. The summed E-state index contributed by atoms with van der Waals surface area (Å²) in [5.74, 6) is 1.39. The van der Waals surface area contributed by atoms with Crippen LogP contribution in [-0.4, -0.2) is 20.4 Å². The van der Waals surface area contributed by atoms with Gasteiger partial charge in [-0.1, -0.05) is 12.1 Å². The Labute approximate surface area is 156 Å². The zero-order valence-electron chi connectivity index (χ0n) is 15.2. The van der Waals surface area contributed by atoms with Crippen molar-refractivity contribution in [1.29, 1.82) is 0 Å². The van der Waals surface area contributed by atoms with Crippen LogP contribution in [0.2, 0.25) is 0 Å². The predicted octanol–water partition coefficient (Wildman–Crippen LogP) is 4.04. The quantitative estimate of drug-likeness (QED) is 0.564. The number of fused-ring (bicyclic) bond motifs is 1. The molecule has 136 valence electrons. The standard InChI is InChI=1S/C21H20N4O2/c1-14-3-4-15-12-19(24-18(15)11-14)21(26)23-16-5-7-17(8-6-16)27-13-20-22-9-10-25(20)2/h3-12,24H,13H2,1-2H3,(H,23,26). The second kappa shape index (κ2) is 6.99. The molecule has 6 heteroatoms. The molecule has 4 aromatic rings. The largest absolute Gasteiger partial charge is 0.486 e. The third-order valence-electron chi connectivity index (χ3n) is 4.42. The summed E-state index contributed by atoms with van der Waals surface area (Å²) in [5, 5.41) is 3.91. The summed E-state index contributed by atoms with van der Waals surface area (Å²) in [7, 11) is 1.93. The first-order chi connectivity index (χ1) is 13.1. The Morgan fingerprint density at radius 1 is 1.19 bits per heavy atom. The van der Waals surface area contributed by atoms with Gasteiger partial charge < -0.3 is 19.6 Å². The van der Waals surface area contributed by atoms with Crippen molar-refractivity contribution in [2.24, 2.45) is 7.05 Å². The number of ether oxygens (including phenoxy) is 1. The molecule has 1 amide bonds. The van der Waals surface area contributed by atoms with E-state index in [0.717, 1.165) is 28.0 Å². The molecule has 0 bridgehead atoms. The van der Waals surface area contributed by atoms with Gasteiger partial charge in [0, 0.05) is 36.0 Å². The van der Waals surface area contributed by atoms with Gasteiger partial charge in [0.2, 0.25) is 0 Å². The summed E-state index contributed by atoms with van der Waals surface area (Å²) < 4.78 is 7.64. The summed E-state index contributed by atoms with van der Waals surface area (Å²) in [4.78, 5) is 19.9. The van der Waals surface area contributed by atoms with Crippen molar-refractivity contribution < 1.29 is 9.53 Å². The van der Waals surface area contributed by atoms with E-state index in [0.29, 0.717) is 18.0 Å². The number of H-pyrrole nitrogens is 1. The van der Waals surface area contributed by atoms with Gasteiger partial charge in [-0.25, -0.2) is 4.98 Å². The molecule has 0 unspecified atom stereocenters. The molecule has 0 aliphatic heterocycles. The molecule has 2 aromatic heterocycles. The Morgan fingerprint density at radius 3 is 2.74 bits per heavy atom. The molecule has 0 saturated heterocycles. The smallest absolute Gasteiger partial charge is 0.272 e. The average molecular weight is 360 g/mol. The predicted molar refractivity (Wildman–Crippen MR) is 105 cm³/mol. The van der Waals surface area contributed by atoms with Crippen molar-refractivity contribution in [3.05, 3.63) is 78.0 Å². The molecular weight excluding hydrogens is 340 g/mol. The van der Waals surface area contributed by atoms with Crippen molar-refractivity contribution >= 4 is 22.5 Å². The number of anilines is 1. The van der Waals surface area contributed by atoms with Crippen LogP contribution in [-0.2, 0) is 13.7 Å². The van der Waals surface area contributed by atoms with Crippen molar-refractivity contribution in [3.63, 3.8) is 0 Å². The minimum Gasteiger partial charge on any atom is -0.486 e. The highest BCUT2D eigenvalue weighted by Crippen LogP contribution is 2.20. The van der Waals surface area contributed by atoms with Crippen LogP contribution in [0.5, 0.6) is 5.75 Å². The van der Waals surface area contributed by atoms with E-state index in [1.54, 1.807) is 6.20 Å². The number of benzene rings is 2. The van der Waals surface area contributed by atoms with E-state index in [1.165, 1.54) is 0 Å². The minimum atomic E-state index is -0.175. The lowest BCUT2D eigenvalue weighted by Gasteiger charge is -2.08. The lowest BCUT2D eigenvalue weighted by Crippen LogP contribution is -2.12. The van der Waals surface area contributed by atoms with Crippen molar-refractivity contribution in [3.8, 4) is 5.75 Å². The maximum Gasteiger partial charge on any atom is 0.272 e. The Morgan fingerprint density at radius 2 is 2.00 bits per heavy atom. The molecule has 4 rings (SSSR count). The van der Waals surface area contributed by atoms with Gasteiger partial charge in [-0.2, -0.15) is 0 Å². The van der Waals surface area contributed by atoms with Gasteiger partial charge in [-0.3, -0.25) is 4.79 Å². The number of carbonyl (C=O) groups excluding carboxylic acids is 1. The number of hydrogen-bond donors (Lipinski definition) is 2. The first kappa shape index (κ1) is 16.9. The molecule has 6 nitrogen and oxygen atoms in total. The lowest BCUT2D eigenvalue weighted by atomic mass is 10.2. The van der Waals surface area contributed by atoms with Gasteiger partial charge in [0.25, 0.3) is 5.91 Å². The molecule has 0 radical (unpaired) electrons. The number of amides is 1. The highest BCUT2D eigenvalue weighted by Gasteiger charge is 2.10. The number of carbonyl (C=O) groups is 1. The van der Waals surface area contributed by atoms with E-state index in [1.807, 2.05) is 73.3 Å². The summed E-state index contributed by atoms with van der Waals surface area (Å²) in [6.45, 7) is 2.42. The second-order valence-corrected chi connectivity index (χ2v) is 6.50. The fraction of sp³-hybridized carbons (Fsp3) is 0.143. The number of aryl methyl sites for hydroxylation is 2. The third kappa shape index (κ3) is 3.69. The Hall–Kier alpha value is -3.54. The molecular formula is C21H20N4O2. The van der Waals surface area contributed by atoms with Gasteiger partial charge >= 0.3 is 0 Å². The molecule has 0 aliphatic carbocycles. The van der Waals surface area contributed by atoms with E-state index >= 15 is 0 Å². The van der Waals surface area contributed by atoms with E-state index in [2.05, 4.69) is 15.3 Å². The topological polar surface area (TPSA) is 71.9 Å². The Bertz CT molecular complexity index is 1090. The van der Waals surface area contributed by atoms with Gasteiger partial charge in [0.05, 0.1) is 0 Å². The zero-order valence-corrected chi connectivity index (χ0v) is 15.2. The number of aromatic nitrogens is 3. The first-order valence-corrected chi connectivity index (χ1v) is 8.68. The fourth-order valence-corrected chi connectivity index (χ4v) is 2.88. The second-order valence-electron chi connectivity index (χ2n) is 6.50. The monoisotopic (exact) mass is 360 g/mol. The van der Waals surface area contributed by atoms with E-state index < -0.39 is 0 Å². The van der Waals surface area contributed by atoms with Crippen molar-refractivity contribution in [2.75, 3.05) is 5.32 Å². The molecule has 0 fully saturated rings. The highest BCUT2D eigenvalue weighted by atomic mass is 16.5. The summed E-state index contributed by atoms with van der Waals surface area (Å²) >= 11 is 0. The Balaban J connectivity index is 1.41. The molecule has 0 spiro atoms. The summed E-state index contributed by atoms with van der Waals surface area (Å²) in [6, 6.07) is 15.2. The SMILES string of the molecule is Cc1ccc2cc(C(=O)Nc3ccc(OCc4nccn4C)cc3)[nH]c2c1. The molecule has 2 heterocycles. The zero-order chi connectivity index (χ0) is 18.8. The molecule has 0 aliphatic rings. The van der Waals surface area contributed by atoms with Crippen molar-refractivity contribution in [1.82, 2.24) is 14.5 Å². The molecule has 2 aromatic carbocycles. The third-order valence-corrected chi connectivity index (χ3v) is 4.42. The van der Waals surface area contributed by atoms with Crippen LogP contribution in [0.4, 0.5) is 5.69 Å². The number of aromatic amines is 1. The molecule has 2 N–H and O–H groups in total. The average Bonchev–Trinajstić information content (AvgIpc) is 3.26. The number of hydrogen-bond acceptors (Lipinski definition) is 3. The number of imidazole rings is 1. The molecule has 0 saturated carbocycles.